The van der Waals surface area contributed by atoms with Crippen molar-refractivity contribution in [2.45, 2.75) is 39.5 Å². The van der Waals surface area contributed by atoms with Gasteiger partial charge in [0.15, 0.2) is 0 Å². The molecule has 0 radical (unpaired) electrons. The fourth-order valence-corrected chi connectivity index (χ4v) is 2.95. The molecule has 0 aliphatic carbocycles. The number of fused-ring (bicyclic) bond motifs is 1. The van der Waals surface area contributed by atoms with Gasteiger partial charge in [-0.1, -0.05) is 31.6 Å². The summed E-state index contributed by atoms with van der Waals surface area (Å²) >= 11 is 0. The third kappa shape index (κ3) is 7.04. The molecule has 1 aliphatic heterocycles. The van der Waals surface area contributed by atoms with E-state index in [0.29, 0.717) is 5.69 Å². The average Bonchev–Trinajstić information content (AvgIpc) is 3.16. The lowest BCUT2D eigenvalue weighted by Gasteiger charge is -2.25. The standard InChI is InChI=1S/C14H24N2.C8H7N3O/c1-3-9-14(4-2)10-8-11-15-16-12-6-5-7-13-16;9-8(12)6-3-5-1-2-10-4-7(5)11-6/h3,8-11,15H,4-7,12-13H2,1-2H3;1-4,11H,(H2,9,12)/b9-3-,11-8+,14-10-;. The number of aromatic amines is 1. The Balaban J connectivity index is 0.000000207. The van der Waals surface area contributed by atoms with Crippen molar-refractivity contribution in [1.29, 1.82) is 0 Å². The number of nitrogens with two attached hydrogens (primary N) is 1. The van der Waals surface area contributed by atoms with E-state index < -0.39 is 5.91 Å². The molecule has 1 saturated heterocycles. The van der Waals surface area contributed by atoms with E-state index in [1.54, 1.807) is 18.5 Å². The van der Waals surface area contributed by atoms with Gasteiger partial charge in [0.05, 0.1) is 11.7 Å². The molecule has 3 rings (SSSR count). The van der Waals surface area contributed by atoms with Gasteiger partial charge >= 0.3 is 0 Å². The van der Waals surface area contributed by atoms with Gasteiger partial charge < -0.3 is 16.1 Å². The average molecular weight is 382 g/mol. The van der Waals surface area contributed by atoms with Crippen LogP contribution in [0.4, 0.5) is 0 Å². The van der Waals surface area contributed by atoms with Crippen LogP contribution in [0.1, 0.15) is 50.0 Å². The molecule has 0 spiro atoms. The highest BCUT2D eigenvalue weighted by Gasteiger charge is 2.06. The summed E-state index contributed by atoms with van der Waals surface area (Å²) in [5, 5.41) is 3.23. The van der Waals surface area contributed by atoms with Gasteiger partial charge in [0.1, 0.15) is 5.69 Å². The predicted octanol–water partition coefficient (Wildman–Crippen LogP) is 4.06. The first-order valence-electron chi connectivity index (χ1n) is 9.86. The number of aromatic nitrogens is 2. The lowest BCUT2D eigenvalue weighted by atomic mass is 10.2. The number of hydrogen-bond donors (Lipinski definition) is 3. The van der Waals surface area contributed by atoms with Crippen molar-refractivity contribution in [2.24, 2.45) is 5.73 Å². The topological polar surface area (TPSA) is 87.0 Å². The Hall–Kier alpha value is -2.86. The summed E-state index contributed by atoms with van der Waals surface area (Å²) in [6.45, 7) is 6.57. The maximum atomic E-state index is 10.7. The number of allylic oxidation sites excluding steroid dienone is 5. The minimum Gasteiger partial charge on any atom is -0.364 e. The Morgan fingerprint density at radius 2 is 2.14 bits per heavy atom. The van der Waals surface area contributed by atoms with Crippen LogP contribution in [-0.4, -0.2) is 34.0 Å². The number of nitrogens with one attached hydrogen (secondary N) is 2. The van der Waals surface area contributed by atoms with Crippen LogP contribution in [0.5, 0.6) is 0 Å². The summed E-state index contributed by atoms with van der Waals surface area (Å²) in [5.41, 5.74) is 11.0. The van der Waals surface area contributed by atoms with Crippen LogP contribution >= 0.6 is 0 Å². The monoisotopic (exact) mass is 381 g/mol. The van der Waals surface area contributed by atoms with E-state index in [9.17, 15) is 4.79 Å². The van der Waals surface area contributed by atoms with Gasteiger partial charge in [-0.15, -0.1) is 0 Å². The van der Waals surface area contributed by atoms with Crippen LogP contribution in [0, 0.1) is 0 Å². The normalized spacial score (nSPS) is 15.7. The van der Waals surface area contributed by atoms with E-state index in [1.165, 1.54) is 37.9 Å². The van der Waals surface area contributed by atoms with E-state index in [1.807, 2.05) is 12.3 Å². The minimum atomic E-state index is -0.453. The molecule has 2 aromatic heterocycles. The fraction of sp³-hybridized carbons (Fsp3) is 0.364. The van der Waals surface area contributed by atoms with Gasteiger partial charge in [0.25, 0.3) is 5.91 Å². The molecular weight excluding hydrogens is 350 g/mol. The Labute approximate surface area is 167 Å². The second-order valence-electron chi connectivity index (χ2n) is 6.64. The Morgan fingerprint density at radius 1 is 1.36 bits per heavy atom. The van der Waals surface area contributed by atoms with Crippen molar-refractivity contribution in [3.8, 4) is 0 Å². The molecule has 3 heterocycles. The van der Waals surface area contributed by atoms with Crippen molar-refractivity contribution < 1.29 is 4.79 Å². The zero-order chi connectivity index (χ0) is 20.2. The number of hydrazine groups is 1. The molecule has 6 heteroatoms. The molecule has 1 fully saturated rings. The van der Waals surface area contributed by atoms with Gasteiger partial charge in [0.2, 0.25) is 0 Å². The number of carbonyl (C=O) groups is 1. The number of nitrogens with zero attached hydrogens (tertiary/aromatic N) is 2. The van der Waals surface area contributed by atoms with Gasteiger partial charge in [-0.2, -0.15) is 0 Å². The van der Waals surface area contributed by atoms with Crippen molar-refractivity contribution in [1.82, 2.24) is 20.4 Å². The van der Waals surface area contributed by atoms with E-state index in [2.05, 4.69) is 58.6 Å². The molecule has 0 aromatic carbocycles. The zero-order valence-corrected chi connectivity index (χ0v) is 16.8. The van der Waals surface area contributed by atoms with Crippen LogP contribution < -0.4 is 11.2 Å². The Morgan fingerprint density at radius 3 is 2.79 bits per heavy atom. The number of carbonyl (C=O) groups excluding carboxylic acids is 1. The highest BCUT2D eigenvalue weighted by Crippen LogP contribution is 2.12. The molecule has 0 unspecified atom stereocenters. The van der Waals surface area contributed by atoms with Gasteiger partial charge in [0, 0.05) is 30.9 Å². The van der Waals surface area contributed by atoms with E-state index in [0.717, 1.165) is 17.3 Å². The number of amides is 1. The largest absolute Gasteiger partial charge is 0.364 e. The number of rotatable bonds is 6. The molecule has 0 atom stereocenters. The lowest BCUT2D eigenvalue weighted by Crippen LogP contribution is -2.38. The molecule has 1 aliphatic rings. The van der Waals surface area contributed by atoms with Crippen molar-refractivity contribution in [3.05, 3.63) is 66.3 Å². The summed E-state index contributed by atoms with van der Waals surface area (Å²) in [6.07, 6.45) is 18.9. The molecule has 1 amide bonds. The van der Waals surface area contributed by atoms with Crippen LogP contribution in [0.2, 0.25) is 0 Å². The number of H-pyrrole nitrogens is 1. The van der Waals surface area contributed by atoms with Crippen molar-refractivity contribution in [2.75, 3.05) is 13.1 Å². The molecule has 0 saturated carbocycles. The van der Waals surface area contributed by atoms with Crippen molar-refractivity contribution in [3.63, 3.8) is 0 Å². The van der Waals surface area contributed by atoms with E-state index >= 15 is 0 Å². The summed E-state index contributed by atoms with van der Waals surface area (Å²) in [4.78, 5) is 17.5. The molecule has 0 bridgehead atoms. The first-order chi connectivity index (χ1) is 13.6. The van der Waals surface area contributed by atoms with Crippen molar-refractivity contribution >= 4 is 16.8 Å². The Kier molecular flexibility index (Phi) is 9.01. The summed E-state index contributed by atoms with van der Waals surface area (Å²) in [6, 6.07) is 3.53. The molecule has 6 nitrogen and oxygen atoms in total. The fourth-order valence-electron chi connectivity index (χ4n) is 2.95. The van der Waals surface area contributed by atoms with Gasteiger partial charge in [-0.05, 0) is 50.0 Å². The summed E-state index contributed by atoms with van der Waals surface area (Å²) < 4.78 is 0. The maximum Gasteiger partial charge on any atom is 0.265 e. The number of hydrogen-bond acceptors (Lipinski definition) is 4. The van der Waals surface area contributed by atoms with Crippen LogP contribution in [-0.2, 0) is 0 Å². The Bertz CT molecular complexity index is 795. The highest BCUT2D eigenvalue weighted by atomic mass is 16.1. The minimum absolute atomic E-state index is 0.415. The molecule has 28 heavy (non-hydrogen) atoms. The molecule has 4 N–H and O–H groups in total. The summed E-state index contributed by atoms with van der Waals surface area (Å²) in [5.74, 6) is -0.453. The summed E-state index contributed by atoms with van der Waals surface area (Å²) in [7, 11) is 0. The SMILES string of the molecule is C\C=C/C(=C\C=C\NN1CCCCC1)CC.NC(=O)c1cc2ccncc2[nH]1. The zero-order valence-electron chi connectivity index (χ0n) is 16.8. The first-order valence-corrected chi connectivity index (χ1v) is 9.86. The third-order valence-electron chi connectivity index (χ3n) is 4.50. The molecule has 150 valence electrons. The number of primary amides is 1. The number of pyridine rings is 1. The maximum absolute atomic E-state index is 10.7. The first kappa shape index (κ1) is 21.4. The van der Waals surface area contributed by atoms with E-state index in [-0.39, 0.29) is 0 Å². The second kappa shape index (κ2) is 11.8. The van der Waals surface area contributed by atoms with Gasteiger partial charge in [-0.3, -0.25) is 9.78 Å². The number of piperidine rings is 1. The quantitative estimate of drug-likeness (QED) is 0.659. The van der Waals surface area contributed by atoms with Crippen LogP contribution in [0.3, 0.4) is 0 Å². The predicted molar refractivity (Wildman–Crippen MR) is 115 cm³/mol. The van der Waals surface area contributed by atoms with E-state index in [4.69, 9.17) is 5.73 Å². The van der Waals surface area contributed by atoms with Crippen LogP contribution in [0.25, 0.3) is 10.9 Å². The third-order valence-corrected chi connectivity index (χ3v) is 4.50. The van der Waals surface area contributed by atoms with Crippen LogP contribution in [0.15, 0.2) is 60.6 Å². The van der Waals surface area contributed by atoms with Gasteiger partial charge in [-0.25, -0.2) is 5.01 Å². The molecule has 2 aromatic rings. The smallest absolute Gasteiger partial charge is 0.265 e. The molecular formula is C22H31N5O. The lowest BCUT2D eigenvalue weighted by molar-refractivity contribution is 0.0996. The second-order valence-corrected chi connectivity index (χ2v) is 6.64. The highest BCUT2D eigenvalue weighted by molar-refractivity contribution is 5.96.